The number of aromatic nitrogens is 2. The molecule has 4 heteroatoms. The molecule has 0 aliphatic heterocycles. The summed E-state index contributed by atoms with van der Waals surface area (Å²) in [5.74, 6) is 0. The Morgan fingerprint density at radius 1 is 0.583 bits per heavy atom. The van der Waals surface area contributed by atoms with E-state index in [9.17, 15) is 10.5 Å². The smallest absolute Gasteiger partial charge is 0.0998 e. The van der Waals surface area contributed by atoms with E-state index in [-0.39, 0.29) is 0 Å². The number of H-pyrrole nitrogens is 1. The normalized spacial score (nSPS) is 11.3. The molecule has 7 aromatic rings. The third-order valence-electron chi connectivity index (χ3n) is 7.03. The van der Waals surface area contributed by atoms with E-state index in [1.165, 1.54) is 5.39 Å². The minimum Gasteiger partial charge on any atom is -0.353 e. The Morgan fingerprint density at radius 2 is 1.25 bits per heavy atom. The van der Waals surface area contributed by atoms with Crippen molar-refractivity contribution in [1.29, 1.82) is 10.5 Å². The fourth-order valence-corrected chi connectivity index (χ4v) is 5.53. The molecule has 166 valence electrons. The first kappa shape index (κ1) is 20.1. The molecule has 0 unspecified atom stereocenters. The number of hydrogen-bond acceptors (Lipinski definition) is 2. The molecule has 1 N–H and O–H groups in total. The highest BCUT2D eigenvalue weighted by Crippen LogP contribution is 2.41. The molecular weight excluding hydrogens is 440 g/mol. The second-order valence-electron chi connectivity index (χ2n) is 8.88. The molecule has 0 aliphatic carbocycles. The molecule has 36 heavy (non-hydrogen) atoms. The van der Waals surface area contributed by atoms with Crippen molar-refractivity contribution in [1.82, 2.24) is 9.55 Å². The molecule has 0 aliphatic rings. The molecule has 0 spiro atoms. The van der Waals surface area contributed by atoms with Gasteiger partial charge in [-0.1, -0.05) is 72.8 Å². The molecule has 0 radical (unpaired) electrons. The Morgan fingerprint density at radius 3 is 2.06 bits per heavy atom. The van der Waals surface area contributed by atoms with Gasteiger partial charge in [0.25, 0.3) is 0 Å². The van der Waals surface area contributed by atoms with E-state index in [2.05, 4.69) is 76.3 Å². The number of nitrogens with one attached hydrogen (secondary N) is 1. The molecule has 2 heterocycles. The summed E-state index contributed by atoms with van der Waals surface area (Å²) in [4.78, 5) is 3.67. The van der Waals surface area contributed by atoms with Crippen molar-refractivity contribution in [2.45, 2.75) is 0 Å². The van der Waals surface area contributed by atoms with Crippen molar-refractivity contribution in [2.75, 3.05) is 0 Å². The first-order chi connectivity index (χ1) is 17.8. The predicted molar refractivity (Wildman–Crippen MR) is 145 cm³/mol. The molecule has 4 nitrogen and oxygen atoms in total. The van der Waals surface area contributed by atoms with Crippen molar-refractivity contribution in [3.8, 4) is 29.0 Å². The fourth-order valence-electron chi connectivity index (χ4n) is 5.53. The number of para-hydroxylation sites is 3. The lowest BCUT2D eigenvalue weighted by atomic mass is 9.94. The van der Waals surface area contributed by atoms with Crippen LogP contribution < -0.4 is 0 Å². The highest BCUT2D eigenvalue weighted by atomic mass is 15.0. The minimum atomic E-state index is 0.484. The topological polar surface area (TPSA) is 68.3 Å². The maximum Gasteiger partial charge on any atom is 0.0998 e. The zero-order valence-electron chi connectivity index (χ0n) is 19.2. The maximum atomic E-state index is 9.92. The van der Waals surface area contributed by atoms with E-state index in [0.717, 1.165) is 49.5 Å². The number of hydrogen-bond donors (Lipinski definition) is 1. The van der Waals surface area contributed by atoms with Crippen LogP contribution in [0.25, 0.3) is 60.4 Å². The van der Waals surface area contributed by atoms with Crippen LogP contribution in [0.15, 0.2) is 103 Å². The van der Waals surface area contributed by atoms with E-state index in [1.54, 1.807) is 18.2 Å². The fraction of sp³-hybridized carbons (Fsp3) is 0. The first-order valence-corrected chi connectivity index (χ1v) is 11.8. The van der Waals surface area contributed by atoms with E-state index < -0.39 is 0 Å². The first-order valence-electron chi connectivity index (χ1n) is 11.8. The van der Waals surface area contributed by atoms with Crippen LogP contribution >= 0.6 is 0 Å². The van der Waals surface area contributed by atoms with E-state index >= 15 is 0 Å². The number of rotatable bonds is 2. The lowest BCUT2D eigenvalue weighted by molar-refractivity contribution is 1.18. The molecule has 0 bridgehead atoms. The summed E-state index contributed by atoms with van der Waals surface area (Å²) >= 11 is 0. The van der Waals surface area contributed by atoms with Gasteiger partial charge in [0, 0.05) is 38.2 Å². The molecule has 7 rings (SSSR count). The van der Waals surface area contributed by atoms with Gasteiger partial charge < -0.3 is 9.55 Å². The summed E-state index contributed by atoms with van der Waals surface area (Å²) in [6.07, 6.45) is 0. The Hall–Kier alpha value is -5.32. The van der Waals surface area contributed by atoms with Crippen LogP contribution in [0.1, 0.15) is 11.1 Å². The maximum absolute atomic E-state index is 9.92. The number of nitriles is 2. The van der Waals surface area contributed by atoms with Crippen LogP contribution in [0.2, 0.25) is 0 Å². The number of nitrogens with zero attached hydrogens (tertiary/aromatic N) is 3. The standard InChI is InChI=1S/C32H18N4/c33-18-20-8-7-9-21(19-34)30(20)26-12-3-6-15-29(26)36-28-14-5-2-11-23(28)25-17-16-24-22-10-1-4-13-27(22)35-31(24)32(25)36/h1-17,35H. The average molecular weight is 459 g/mol. The molecule has 5 aromatic carbocycles. The van der Waals surface area contributed by atoms with Crippen molar-refractivity contribution >= 4 is 43.6 Å². The highest BCUT2D eigenvalue weighted by molar-refractivity contribution is 6.22. The third kappa shape index (κ3) is 2.67. The summed E-state index contributed by atoms with van der Waals surface area (Å²) in [5, 5.41) is 24.5. The average Bonchev–Trinajstić information content (AvgIpc) is 3.48. The number of fused-ring (bicyclic) bond motifs is 7. The quantitative estimate of drug-likeness (QED) is 0.287. The summed E-state index contributed by atoms with van der Waals surface area (Å²) in [7, 11) is 0. The van der Waals surface area contributed by atoms with E-state index in [1.807, 2.05) is 30.3 Å². The van der Waals surface area contributed by atoms with Gasteiger partial charge in [-0.15, -0.1) is 0 Å². The molecule has 0 amide bonds. The van der Waals surface area contributed by atoms with Crippen molar-refractivity contribution in [2.24, 2.45) is 0 Å². The van der Waals surface area contributed by atoms with Crippen molar-refractivity contribution < 1.29 is 0 Å². The van der Waals surface area contributed by atoms with Crippen molar-refractivity contribution in [3.05, 3.63) is 114 Å². The second kappa shape index (κ2) is 7.60. The van der Waals surface area contributed by atoms with E-state index in [0.29, 0.717) is 16.7 Å². The number of aromatic amines is 1. The Bertz CT molecular complexity index is 2040. The summed E-state index contributed by atoms with van der Waals surface area (Å²) < 4.78 is 2.27. The van der Waals surface area contributed by atoms with Crippen LogP contribution in [-0.4, -0.2) is 9.55 Å². The monoisotopic (exact) mass is 458 g/mol. The molecule has 0 atom stereocenters. The van der Waals surface area contributed by atoms with Gasteiger partial charge in [-0.2, -0.15) is 10.5 Å². The summed E-state index contributed by atoms with van der Waals surface area (Å²) in [6, 6.07) is 39.1. The Labute approximate surface area is 206 Å². The summed E-state index contributed by atoms with van der Waals surface area (Å²) in [5.41, 5.74) is 7.70. The van der Waals surface area contributed by atoms with Gasteiger partial charge >= 0.3 is 0 Å². The van der Waals surface area contributed by atoms with Crippen LogP contribution in [0.5, 0.6) is 0 Å². The van der Waals surface area contributed by atoms with Gasteiger partial charge in [-0.25, -0.2) is 0 Å². The lowest BCUT2D eigenvalue weighted by Crippen LogP contribution is -2.00. The zero-order chi connectivity index (χ0) is 24.2. The van der Waals surface area contributed by atoms with Crippen molar-refractivity contribution in [3.63, 3.8) is 0 Å². The van der Waals surface area contributed by atoms with Gasteiger partial charge in [0.15, 0.2) is 0 Å². The second-order valence-corrected chi connectivity index (χ2v) is 8.88. The van der Waals surface area contributed by atoms with Crippen LogP contribution in [-0.2, 0) is 0 Å². The molecule has 0 saturated heterocycles. The van der Waals surface area contributed by atoms with Gasteiger partial charge in [0.05, 0.1) is 45.5 Å². The Balaban J connectivity index is 1.70. The zero-order valence-corrected chi connectivity index (χ0v) is 19.2. The highest BCUT2D eigenvalue weighted by Gasteiger charge is 2.21. The largest absolute Gasteiger partial charge is 0.353 e. The van der Waals surface area contributed by atoms with Gasteiger partial charge in [-0.05, 0) is 30.3 Å². The molecule has 0 saturated carbocycles. The van der Waals surface area contributed by atoms with Gasteiger partial charge in [0.2, 0.25) is 0 Å². The SMILES string of the molecule is N#Cc1cccc(C#N)c1-c1ccccc1-n1c2ccccc2c2ccc3c4ccccc4[nH]c3c21. The summed E-state index contributed by atoms with van der Waals surface area (Å²) in [6.45, 7) is 0. The molecule has 0 fully saturated rings. The molecule has 2 aromatic heterocycles. The number of benzene rings is 5. The Kier molecular flexibility index (Phi) is 4.24. The van der Waals surface area contributed by atoms with Gasteiger partial charge in [0.1, 0.15) is 0 Å². The van der Waals surface area contributed by atoms with E-state index in [4.69, 9.17) is 0 Å². The van der Waals surface area contributed by atoms with Gasteiger partial charge in [-0.3, -0.25) is 0 Å². The third-order valence-corrected chi connectivity index (χ3v) is 7.03. The molecular formula is C32H18N4. The van der Waals surface area contributed by atoms with Crippen LogP contribution in [0.3, 0.4) is 0 Å². The lowest BCUT2D eigenvalue weighted by Gasteiger charge is -2.16. The van der Waals surface area contributed by atoms with Crippen LogP contribution in [0, 0.1) is 22.7 Å². The predicted octanol–water partition coefficient (Wildman–Crippen LogP) is 7.83. The minimum absolute atomic E-state index is 0.484. The van der Waals surface area contributed by atoms with Crippen LogP contribution in [0.4, 0.5) is 0 Å².